The van der Waals surface area contributed by atoms with Crippen LogP contribution in [-0.2, 0) is 32.3 Å². The molecule has 0 spiro atoms. The van der Waals surface area contributed by atoms with Gasteiger partial charge in [0.05, 0.1) is 17.1 Å². The molecule has 7 heteroatoms. The molecule has 0 fully saturated rings. The standard InChI is InChI=1S/C20H20N2O4S/c1-21-17-7-6-16(12-15(17)13-20(21)24)27(25,26)11-9-19(23)22-10-8-14-4-2-3-5-18(14)22/h2-7,12H,8-11,13H2,1H3. The average molecular weight is 384 g/mol. The number of carbonyl (C=O) groups excluding carboxylic acids is 2. The lowest BCUT2D eigenvalue weighted by atomic mass is 10.2. The Balaban J connectivity index is 1.48. The van der Waals surface area contributed by atoms with Crippen LogP contribution in [0.15, 0.2) is 47.4 Å². The van der Waals surface area contributed by atoms with Crippen LogP contribution in [0, 0.1) is 0 Å². The smallest absolute Gasteiger partial charge is 0.231 e. The van der Waals surface area contributed by atoms with E-state index in [0.717, 1.165) is 23.4 Å². The third-order valence-electron chi connectivity index (χ3n) is 5.26. The summed E-state index contributed by atoms with van der Waals surface area (Å²) >= 11 is 0. The van der Waals surface area contributed by atoms with Gasteiger partial charge in [0, 0.05) is 31.4 Å². The minimum Gasteiger partial charge on any atom is -0.315 e. The summed E-state index contributed by atoms with van der Waals surface area (Å²) in [5.41, 5.74) is 3.44. The molecule has 0 unspecified atom stereocenters. The molecule has 0 radical (unpaired) electrons. The van der Waals surface area contributed by atoms with Gasteiger partial charge in [0.1, 0.15) is 0 Å². The highest BCUT2D eigenvalue weighted by Gasteiger charge is 2.28. The van der Waals surface area contributed by atoms with Crippen molar-refractivity contribution in [3.63, 3.8) is 0 Å². The number of hydrogen-bond acceptors (Lipinski definition) is 4. The monoisotopic (exact) mass is 384 g/mol. The van der Waals surface area contributed by atoms with Gasteiger partial charge in [-0.2, -0.15) is 0 Å². The third-order valence-corrected chi connectivity index (χ3v) is 6.97. The molecule has 2 aromatic carbocycles. The summed E-state index contributed by atoms with van der Waals surface area (Å²) in [6.07, 6.45) is 0.937. The number of rotatable bonds is 4. The molecule has 2 heterocycles. The van der Waals surface area contributed by atoms with Crippen molar-refractivity contribution in [1.82, 2.24) is 0 Å². The van der Waals surface area contributed by atoms with Gasteiger partial charge in [-0.1, -0.05) is 18.2 Å². The molecule has 0 N–H and O–H groups in total. The van der Waals surface area contributed by atoms with Gasteiger partial charge in [-0.15, -0.1) is 0 Å². The summed E-state index contributed by atoms with van der Waals surface area (Å²) < 4.78 is 25.4. The molecule has 0 saturated heterocycles. The fraction of sp³-hybridized carbons (Fsp3) is 0.300. The van der Waals surface area contributed by atoms with Gasteiger partial charge in [0.15, 0.2) is 9.84 Å². The van der Waals surface area contributed by atoms with Crippen LogP contribution in [0.5, 0.6) is 0 Å². The molecule has 0 bridgehead atoms. The number of carbonyl (C=O) groups is 2. The Bertz CT molecular complexity index is 1050. The largest absolute Gasteiger partial charge is 0.315 e. The summed E-state index contributed by atoms with van der Waals surface area (Å²) in [5, 5.41) is 0. The van der Waals surface area contributed by atoms with Gasteiger partial charge in [0.25, 0.3) is 0 Å². The lowest BCUT2D eigenvalue weighted by Crippen LogP contribution is -2.30. The Hall–Kier alpha value is -2.67. The number of benzene rings is 2. The number of hydrogen-bond donors (Lipinski definition) is 0. The van der Waals surface area contributed by atoms with E-state index in [1.54, 1.807) is 24.1 Å². The van der Waals surface area contributed by atoms with Crippen molar-refractivity contribution in [3.05, 3.63) is 53.6 Å². The maximum absolute atomic E-state index is 12.7. The second-order valence-electron chi connectivity index (χ2n) is 6.91. The second kappa shape index (κ2) is 6.49. The maximum Gasteiger partial charge on any atom is 0.231 e. The number of fused-ring (bicyclic) bond motifs is 2. The Morgan fingerprint density at radius 2 is 1.85 bits per heavy atom. The molecule has 2 aromatic rings. The summed E-state index contributed by atoms with van der Waals surface area (Å²) in [4.78, 5) is 27.7. The Morgan fingerprint density at radius 3 is 2.67 bits per heavy atom. The van der Waals surface area contributed by atoms with E-state index >= 15 is 0 Å². The molecule has 6 nitrogen and oxygen atoms in total. The van der Waals surface area contributed by atoms with Crippen LogP contribution in [0.3, 0.4) is 0 Å². The van der Waals surface area contributed by atoms with Crippen molar-refractivity contribution in [3.8, 4) is 0 Å². The first-order chi connectivity index (χ1) is 12.9. The number of likely N-dealkylation sites (N-methyl/N-ethyl adjacent to an activating group) is 1. The molecule has 0 saturated carbocycles. The summed E-state index contributed by atoms with van der Waals surface area (Å²) in [7, 11) is -1.92. The van der Waals surface area contributed by atoms with Gasteiger partial charge in [-0.05, 0) is 41.8 Å². The normalized spacial score (nSPS) is 15.8. The molecule has 0 atom stereocenters. The molecule has 2 amide bonds. The Labute approximate surface area is 158 Å². The number of anilines is 2. The van der Waals surface area contributed by atoms with Crippen LogP contribution in [0.1, 0.15) is 17.5 Å². The number of para-hydroxylation sites is 1. The van der Waals surface area contributed by atoms with E-state index in [9.17, 15) is 18.0 Å². The first-order valence-corrected chi connectivity index (χ1v) is 10.5. The van der Waals surface area contributed by atoms with E-state index in [1.807, 2.05) is 24.3 Å². The van der Waals surface area contributed by atoms with E-state index < -0.39 is 9.84 Å². The van der Waals surface area contributed by atoms with Crippen LogP contribution >= 0.6 is 0 Å². The minimum atomic E-state index is -3.60. The predicted octanol–water partition coefficient (Wildman–Crippen LogP) is 1.96. The topological polar surface area (TPSA) is 74.8 Å². The molecule has 4 rings (SSSR count). The van der Waals surface area contributed by atoms with Crippen molar-refractivity contribution in [1.29, 1.82) is 0 Å². The fourth-order valence-corrected chi connectivity index (χ4v) is 4.99. The number of nitrogens with zero attached hydrogens (tertiary/aromatic N) is 2. The molecule has 0 aliphatic carbocycles. The Kier molecular flexibility index (Phi) is 4.26. The molecule has 2 aliphatic heterocycles. The van der Waals surface area contributed by atoms with E-state index in [2.05, 4.69) is 0 Å². The third kappa shape index (κ3) is 3.12. The number of amides is 2. The first-order valence-electron chi connectivity index (χ1n) is 8.87. The SMILES string of the molecule is CN1C(=O)Cc2cc(S(=O)(=O)CCC(=O)N3CCc4ccccc43)ccc21. The quantitative estimate of drug-likeness (QED) is 0.808. The van der Waals surface area contributed by atoms with Crippen LogP contribution in [0.25, 0.3) is 0 Å². The zero-order valence-corrected chi connectivity index (χ0v) is 15.8. The van der Waals surface area contributed by atoms with Crippen molar-refractivity contribution in [2.75, 3.05) is 29.1 Å². The summed E-state index contributed by atoms with van der Waals surface area (Å²) in [6, 6.07) is 12.4. The molecule has 140 valence electrons. The van der Waals surface area contributed by atoms with E-state index in [1.165, 1.54) is 11.0 Å². The highest BCUT2D eigenvalue weighted by atomic mass is 32.2. The van der Waals surface area contributed by atoms with E-state index in [0.29, 0.717) is 12.1 Å². The van der Waals surface area contributed by atoms with Crippen LogP contribution < -0.4 is 9.80 Å². The first kappa shape index (κ1) is 17.7. The van der Waals surface area contributed by atoms with Gasteiger partial charge in [-0.25, -0.2) is 8.42 Å². The highest BCUT2D eigenvalue weighted by Crippen LogP contribution is 2.31. The van der Waals surface area contributed by atoms with Gasteiger partial charge in [-0.3, -0.25) is 9.59 Å². The zero-order chi connectivity index (χ0) is 19.2. The zero-order valence-electron chi connectivity index (χ0n) is 15.0. The van der Waals surface area contributed by atoms with Crippen molar-refractivity contribution in [2.24, 2.45) is 0 Å². The minimum absolute atomic E-state index is 0.0533. The van der Waals surface area contributed by atoms with Crippen molar-refractivity contribution < 1.29 is 18.0 Å². The summed E-state index contributed by atoms with van der Waals surface area (Å²) in [5.74, 6) is -0.477. The van der Waals surface area contributed by atoms with Gasteiger partial charge in [0.2, 0.25) is 11.8 Å². The Morgan fingerprint density at radius 1 is 1.07 bits per heavy atom. The van der Waals surface area contributed by atoms with Crippen LogP contribution in [0.2, 0.25) is 0 Å². The highest BCUT2D eigenvalue weighted by molar-refractivity contribution is 7.91. The van der Waals surface area contributed by atoms with Gasteiger partial charge >= 0.3 is 0 Å². The second-order valence-corrected chi connectivity index (χ2v) is 9.02. The van der Waals surface area contributed by atoms with Crippen LogP contribution in [-0.4, -0.2) is 39.6 Å². The van der Waals surface area contributed by atoms with E-state index in [4.69, 9.17) is 0 Å². The molecular weight excluding hydrogens is 364 g/mol. The lowest BCUT2D eigenvalue weighted by molar-refractivity contribution is -0.118. The maximum atomic E-state index is 12.7. The molecule has 2 aliphatic rings. The predicted molar refractivity (Wildman–Crippen MR) is 103 cm³/mol. The van der Waals surface area contributed by atoms with Gasteiger partial charge < -0.3 is 9.80 Å². The molecule has 27 heavy (non-hydrogen) atoms. The van der Waals surface area contributed by atoms with Crippen molar-refractivity contribution in [2.45, 2.75) is 24.2 Å². The van der Waals surface area contributed by atoms with Crippen LogP contribution in [0.4, 0.5) is 11.4 Å². The fourth-order valence-electron chi connectivity index (χ4n) is 3.71. The van der Waals surface area contributed by atoms with E-state index in [-0.39, 0.29) is 35.3 Å². The average Bonchev–Trinajstić information content (AvgIpc) is 3.21. The number of sulfone groups is 1. The summed E-state index contributed by atoms with van der Waals surface area (Å²) in [6.45, 7) is 0.589. The molecular formula is C20H20N2O4S. The molecule has 0 aromatic heterocycles. The van der Waals surface area contributed by atoms with Crippen molar-refractivity contribution >= 4 is 33.0 Å². The lowest BCUT2D eigenvalue weighted by Gasteiger charge is -2.17.